The Morgan fingerprint density at radius 2 is 2.00 bits per heavy atom. The summed E-state index contributed by atoms with van der Waals surface area (Å²) in [5, 5.41) is 3.05. The maximum absolute atomic E-state index is 12.2. The molecule has 1 aliphatic carbocycles. The zero-order valence-electron chi connectivity index (χ0n) is 10.6. The van der Waals surface area contributed by atoms with Gasteiger partial charge in [-0.3, -0.25) is 4.79 Å². The van der Waals surface area contributed by atoms with Crippen molar-refractivity contribution in [3.05, 3.63) is 29.8 Å². The number of hydrogen-bond donors (Lipinski definition) is 1. The van der Waals surface area contributed by atoms with Crippen molar-refractivity contribution in [3.63, 3.8) is 0 Å². The van der Waals surface area contributed by atoms with Crippen molar-refractivity contribution in [1.82, 2.24) is 4.90 Å². The summed E-state index contributed by atoms with van der Waals surface area (Å²) >= 11 is 0. The SMILES string of the molecule is CCN(CC1CC1)C(=O)c1ccc(NC)cc1. The van der Waals surface area contributed by atoms with Crippen LogP contribution in [-0.2, 0) is 0 Å². The van der Waals surface area contributed by atoms with Crippen molar-refractivity contribution >= 4 is 11.6 Å². The fourth-order valence-electron chi connectivity index (χ4n) is 1.93. The number of hydrogen-bond acceptors (Lipinski definition) is 2. The van der Waals surface area contributed by atoms with Crippen LogP contribution in [0.2, 0.25) is 0 Å². The van der Waals surface area contributed by atoms with Gasteiger partial charge in [-0.2, -0.15) is 0 Å². The first-order valence-electron chi connectivity index (χ1n) is 6.31. The Hall–Kier alpha value is -1.51. The summed E-state index contributed by atoms with van der Waals surface area (Å²) in [5.41, 5.74) is 1.82. The van der Waals surface area contributed by atoms with Crippen LogP contribution in [0.4, 0.5) is 5.69 Å². The van der Waals surface area contributed by atoms with Gasteiger partial charge in [-0.1, -0.05) is 0 Å². The van der Waals surface area contributed by atoms with E-state index in [1.54, 1.807) is 0 Å². The van der Waals surface area contributed by atoms with E-state index < -0.39 is 0 Å². The van der Waals surface area contributed by atoms with E-state index in [-0.39, 0.29) is 5.91 Å². The van der Waals surface area contributed by atoms with Gasteiger partial charge in [0.05, 0.1) is 0 Å². The van der Waals surface area contributed by atoms with Crippen molar-refractivity contribution in [2.75, 3.05) is 25.5 Å². The van der Waals surface area contributed by atoms with Crippen LogP contribution in [0.15, 0.2) is 24.3 Å². The van der Waals surface area contributed by atoms with E-state index in [4.69, 9.17) is 0 Å². The number of nitrogens with zero attached hydrogens (tertiary/aromatic N) is 1. The molecule has 0 radical (unpaired) electrons. The first-order valence-corrected chi connectivity index (χ1v) is 6.31. The molecule has 17 heavy (non-hydrogen) atoms. The molecule has 1 aliphatic rings. The fourth-order valence-corrected chi connectivity index (χ4v) is 1.93. The summed E-state index contributed by atoms with van der Waals surface area (Å²) in [7, 11) is 1.88. The van der Waals surface area contributed by atoms with Gasteiger partial charge in [-0.05, 0) is 49.9 Å². The highest BCUT2D eigenvalue weighted by molar-refractivity contribution is 5.94. The highest BCUT2D eigenvalue weighted by Crippen LogP contribution is 2.30. The number of anilines is 1. The first-order chi connectivity index (χ1) is 8.24. The summed E-state index contributed by atoms with van der Waals surface area (Å²) in [6.45, 7) is 3.76. The van der Waals surface area contributed by atoms with Gasteiger partial charge in [0.25, 0.3) is 5.91 Å². The summed E-state index contributed by atoms with van der Waals surface area (Å²) in [6.07, 6.45) is 2.56. The smallest absolute Gasteiger partial charge is 0.253 e. The Morgan fingerprint density at radius 3 is 2.47 bits per heavy atom. The van der Waals surface area contributed by atoms with Gasteiger partial charge in [0, 0.05) is 31.4 Å². The van der Waals surface area contributed by atoms with Crippen molar-refractivity contribution in [2.45, 2.75) is 19.8 Å². The molecule has 0 spiro atoms. The lowest BCUT2D eigenvalue weighted by Crippen LogP contribution is -2.32. The predicted octanol–water partition coefficient (Wildman–Crippen LogP) is 2.60. The van der Waals surface area contributed by atoms with Crippen molar-refractivity contribution in [2.24, 2.45) is 5.92 Å². The molecule has 0 unspecified atom stereocenters. The van der Waals surface area contributed by atoms with E-state index in [1.807, 2.05) is 43.1 Å². The minimum Gasteiger partial charge on any atom is -0.388 e. The number of benzene rings is 1. The van der Waals surface area contributed by atoms with E-state index in [1.165, 1.54) is 12.8 Å². The van der Waals surface area contributed by atoms with Gasteiger partial charge >= 0.3 is 0 Å². The first kappa shape index (κ1) is 12.0. The molecule has 0 atom stereocenters. The van der Waals surface area contributed by atoms with Gasteiger partial charge in [-0.25, -0.2) is 0 Å². The molecule has 3 heteroatoms. The van der Waals surface area contributed by atoms with E-state index in [0.29, 0.717) is 0 Å². The number of rotatable bonds is 5. The van der Waals surface area contributed by atoms with Gasteiger partial charge in [0.1, 0.15) is 0 Å². The lowest BCUT2D eigenvalue weighted by atomic mass is 10.1. The molecule has 0 heterocycles. The van der Waals surface area contributed by atoms with E-state index in [2.05, 4.69) is 5.32 Å². The number of amides is 1. The molecular weight excluding hydrogens is 212 g/mol. The van der Waals surface area contributed by atoms with Crippen LogP contribution in [0.25, 0.3) is 0 Å². The lowest BCUT2D eigenvalue weighted by molar-refractivity contribution is 0.0757. The van der Waals surface area contributed by atoms with Crippen LogP contribution in [-0.4, -0.2) is 30.9 Å². The average molecular weight is 232 g/mol. The average Bonchev–Trinajstić information content (AvgIpc) is 3.19. The third-order valence-electron chi connectivity index (χ3n) is 3.26. The summed E-state index contributed by atoms with van der Waals surface area (Å²) < 4.78 is 0. The zero-order chi connectivity index (χ0) is 12.3. The highest BCUT2D eigenvalue weighted by atomic mass is 16.2. The maximum atomic E-state index is 12.2. The summed E-state index contributed by atoms with van der Waals surface area (Å²) in [6, 6.07) is 7.67. The Labute approximate surface area is 103 Å². The third kappa shape index (κ3) is 2.99. The van der Waals surface area contributed by atoms with Gasteiger partial charge < -0.3 is 10.2 Å². The molecule has 0 aromatic heterocycles. The largest absolute Gasteiger partial charge is 0.388 e. The molecule has 1 fully saturated rings. The van der Waals surface area contributed by atoms with Crippen molar-refractivity contribution < 1.29 is 4.79 Å². The normalized spacial score (nSPS) is 14.5. The summed E-state index contributed by atoms with van der Waals surface area (Å²) in [4.78, 5) is 14.2. The van der Waals surface area contributed by atoms with Gasteiger partial charge in [0.15, 0.2) is 0 Å². The quantitative estimate of drug-likeness (QED) is 0.846. The van der Waals surface area contributed by atoms with Crippen LogP contribution < -0.4 is 5.32 Å². The molecule has 3 nitrogen and oxygen atoms in total. The molecule has 0 saturated heterocycles. The summed E-state index contributed by atoms with van der Waals surface area (Å²) in [5.74, 6) is 0.900. The molecule has 1 N–H and O–H groups in total. The Morgan fingerprint density at radius 1 is 1.35 bits per heavy atom. The highest BCUT2D eigenvalue weighted by Gasteiger charge is 2.26. The van der Waals surface area contributed by atoms with Gasteiger partial charge in [-0.15, -0.1) is 0 Å². The number of carbonyl (C=O) groups excluding carboxylic acids is 1. The van der Waals surface area contributed by atoms with Crippen molar-refractivity contribution in [1.29, 1.82) is 0 Å². The second-order valence-electron chi connectivity index (χ2n) is 4.61. The monoisotopic (exact) mass is 232 g/mol. The number of carbonyl (C=O) groups is 1. The maximum Gasteiger partial charge on any atom is 0.253 e. The Bertz CT molecular complexity index is 382. The second-order valence-corrected chi connectivity index (χ2v) is 4.61. The van der Waals surface area contributed by atoms with E-state index in [9.17, 15) is 4.79 Å². The van der Waals surface area contributed by atoms with Crippen LogP contribution in [0.3, 0.4) is 0 Å². The van der Waals surface area contributed by atoms with Crippen LogP contribution in [0.5, 0.6) is 0 Å². The van der Waals surface area contributed by atoms with Crippen LogP contribution in [0.1, 0.15) is 30.1 Å². The minimum absolute atomic E-state index is 0.155. The molecule has 92 valence electrons. The Kier molecular flexibility index (Phi) is 3.67. The minimum atomic E-state index is 0.155. The second kappa shape index (κ2) is 5.21. The molecule has 2 rings (SSSR count). The van der Waals surface area contributed by atoms with Gasteiger partial charge in [0.2, 0.25) is 0 Å². The van der Waals surface area contributed by atoms with E-state index in [0.717, 1.165) is 30.3 Å². The lowest BCUT2D eigenvalue weighted by Gasteiger charge is -2.20. The Balaban J connectivity index is 2.04. The molecule has 1 saturated carbocycles. The molecule has 1 aromatic carbocycles. The predicted molar refractivity (Wildman–Crippen MR) is 70.3 cm³/mol. The van der Waals surface area contributed by atoms with E-state index >= 15 is 0 Å². The molecule has 0 aliphatic heterocycles. The van der Waals surface area contributed by atoms with Crippen LogP contribution >= 0.6 is 0 Å². The van der Waals surface area contributed by atoms with Crippen molar-refractivity contribution in [3.8, 4) is 0 Å². The zero-order valence-corrected chi connectivity index (χ0v) is 10.6. The standard InChI is InChI=1S/C14H20N2O/c1-3-16(10-11-4-5-11)14(17)12-6-8-13(15-2)9-7-12/h6-9,11,15H,3-5,10H2,1-2H3. The molecule has 1 amide bonds. The molecular formula is C14H20N2O. The number of nitrogens with one attached hydrogen (secondary N) is 1. The molecule has 0 bridgehead atoms. The topological polar surface area (TPSA) is 32.3 Å². The fraction of sp³-hybridized carbons (Fsp3) is 0.500. The molecule has 1 aromatic rings. The van der Waals surface area contributed by atoms with Crippen LogP contribution in [0, 0.1) is 5.92 Å². The third-order valence-corrected chi connectivity index (χ3v) is 3.26.